The largest absolute Gasteiger partial charge is 0.381 e. The van der Waals surface area contributed by atoms with Gasteiger partial charge in [0.15, 0.2) is 0 Å². The number of nitrogens with one attached hydrogen (secondary N) is 2. The molecule has 0 aromatic heterocycles. The highest BCUT2D eigenvalue weighted by atomic mass is 32.2. The summed E-state index contributed by atoms with van der Waals surface area (Å²) in [7, 11) is 0. The molecule has 1 aliphatic heterocycles. The van der Waals surface area contributed by atoms with E-state index in [2.05, 4.69) is 10.6 Å². The van der Waals surface area contributed by atoms with Crippen LogP contribution in [0.3, 0.4) is 0 Å². The van der Waals surface area contributed by atoms with Crippen LogP contribution >= 0.6 is 11.8 Å². The van der Waals surface area contributed by atoms with Crippen molar-refractivity contribution >= 4 is 29.0 Å². The number of amides is 1. The fraction of sp³-hybridized carbons (Fsp3) is 0.417. The van der Waals surface area contributed by atoms with Gasteiger partial charge in [0, 0.05) is 24.4 Å². The summed E-state index contributed by atoms with van der Waals surface area (Å²) in [5.74, 6) is 1.56. The molecule has 1 aromatic rings. The predicted molar refractivity (Wildman–Crippen MR) is 70.1 cm³/mol. The van der Waals surface area contributed by atoms with E-state index in [0.29, 0.717) is 6.04 Å². The molecule has 0 radical (unpaired) electrons. The van der Waals surface area contributed by atoms with Crippen LogP contribution in [0.5, 0.6) is 0 Å². The molecule has 0 saturated carbocycles. The summed E-state index contributed by atoms with van der Waals surface area (Å²) in [5.41, 5.74) is 1.08. The van der Waals surface area contributed by atoms with E-state index in [9.17, 15) is 9.18 Å². The Kier molecular flexibility index (Phi) is 3.89. The Morgan fingerprint density at radius 2 is 2.35 bits per heavy atom. The minimum Gasteiger partial charge on any atom is -0.381 e. The maximum atomic E-state index is 13.4. The van der Waals surface area contributed by atoms with E-state index in [-0.39, 0.29) is 11.6 Å². The lowest BCUT2D eigenvalue weighted by molar-refractivity contribution is -0.114. The van der Waals surface area contributed by atoms with Gasteiger partial charge in [0.25, 0.3) is 0 Å². The van der Waals surface area contributed by atoms with Crippen LogP contribution in [-0.2, 0) is 4.79 Å². The molecule has 0 aliphatic carbocycles. The molecule has 17 heavy (non-hydrogen) atoms. The van der Waals surface area contributed by atoms with Crippen molar-refractivity contribution < 1.29 is 9.18 Å². The summed E-state index contributed by atoms with van der Waals surface area (Å²) < 4.78 is 13.4. The second-order valence-electron chi connectivity index (χ2n) is 4.08. The lowest BCUT2D eigenvalue weighted by atomic mass is 10.2. The molecule has 1 saturated heterocycles. The molecule has 5 heteroatoms. The molecule has 92 valence electrons. The third kappa shape index (κ3) is 3.36. The van der Waals surface area contributed by atoms with Crippen molar-refractivity contribution in [2.24, 2.45) is 0 Å². The van der Waals surface area contributed by atoms with E-state index < -0.39 is 5.82 Å². The molecule has 1 fully saturated rings. The summed E-state index contributed by atoms with van der Waals surface area (Å²) in [6.45, 7) is 1.37. The normalized spacial score (nSPS) is 19.1. The van der Waals surface area contributed by atoms with Gasteiger partial charge in [-0.2, -0.15) is 11.8 Å². The zero-order valence-electron chi connectivity index (χ0n) is 9.63. The number of halogens is 1. The Bertz CT molecular complexity index is 419. The molecule has 1 amide bonds. The molecule has 1 heterocycles. The van der Waals surface area contributed by atoms with Crippen molar-refractivity contribution in [2.45, 2.75) is 19.4 Å². The first kappa shape index (κ1) is 12.2. The van der Waals surface area contributed by atoms with Gasteiger partial charge < -0.3 is 10.6 Å². The summed E-state index contributed by atoms with van der Waals surface area (Å²) in [6.07, 6.45) is 1.12. The number of hydrogen-bond donors (Lipinski definition) is 2. The zero-order valence-corrected chi connectivity index (χ0v) is 10.4. The predicted octanol–water partition coefficient (Wildman–Crippen LogP) is 2.70. The van der Waals surface area contributed by atoms with Gasteiger partial charge in [0.1, 0.15) is 5.82 Å². The van der Waals surface area contributed by atoms with Crippen LogP contribution in [-0.4, -0.2) is 23.5 Å². The molecule has 3 nitrogen and oxygen atoms in total. The van der Waals surface area contributed by atoms with Crippen LogP contribution in [0.1, 0.15) is 13.3 Å². The molecule has 1 atom stereocenters. The van der Waals surface area contributed by atoms with E-state index in [1.165, 1.54) is 13.0 Å². The number of hydrogen-bond acceptors (Lipinski definition) is 3. The number of thioether (sulfide) groups is 1. The topological polar surface area (TPSA) is 41.1 Å². The minimum atomic E-state index is -0.411. The number of benzene rings is 1. The number of carbonyl (C=O) groups is 1. The SMILES string of the molecule is CC(=O)Nc1cc(NC2CCSC2)ccc1F. The van der Waals surface area contributed by atoms with Crippen molar-refractivity contribution in [1.29, 1.82) is 0 Å². The zero-order chi connectivity index (χ0) is 12.3. The Balaban J connectivity index is 2.09. The molecule has 2 rings (SSSR count). The lowest BCUT2D eigenvalue weighted by Crippen LogP contribution is -2.18. The lowest BCUT2D eigenvalue weighted by Gasteiger charge is -2.14. The van der Waals surface area contributed by atoms with Crippen LogP contribution < -0.4 is 10.6 Å². The highest BCUT2D eigenvalue weighted by molar-refractivity contribution is 7.99. The molecule has 1 aromatic carbocycles. The van der Waals surface area contributed by atoms with Gasteiger partial charge in [-0.3, -0.25) is 4.79 Å². The second-order valence-corrected chi connectivity index (χ2v) is 5.23. The summed E-state index contributed by atoms with van der Waals surface area (Å²) in [5, 5.41) is 5.82. The van der Waals surface area contributed by atoms with E-state index in [4.69, 9.17) is 0 Å². The van der Waals surface area contributed by atoms with Gasteiger partial charge in [-0.05, 0) is 30.4 Å². The number of carbonyl (C=O) groups excluding carboxylic acids is 1. The summed E-state index contributed by atoms with van der Waals surface area (Å²) >= 11 is 1.91. The monoisotopic (exact) mass is 254 g/mol. The first-order valence-corrected chi connectivity index (χ1v) is 6.72. The fourth-order valence-electron chi connectivity index (χ4n) is 1.78. The minimum absolute atomic E-state index is 0.230. The molecular weight excluding hydrogens is 239 g/mol. The van der Waals surface area contributed by atoms with Crippen molar-refractivity contribution in [3.63, 3.8) is 0 Å². The third-order valence-electron chi connectivity index (χ3n) is 2.58. The van der Waals surface area contributed by atoms with Gasteiger partial charge >= 0.3 is 0 Å². The Morgan fingerprint density at radius 1 is 1.53 bits per heavy atom. The van der Waals surface area contributed by atoms with Crippen molar-refractivity contribution in [2.75, 3.05) is 22.1 Å². The van der Waals surface area contributed by atoms with E-state index in [1.54, 1.807) is 12.1 Å². The Morgan fingerprint density at radius 3 is 3.00 bits per heavy atom. The smallest absolute Gasteiger partial charge is 0.221 e. The van der Waals surface area contributed by atoms with E-state index in [1.807, 2.05) is 11.8 Å². The van der Waals surface area contributed by atoms with Crippen LogP contribution in [0, 0.1) is 5.82 Å². The average molecular weight is 254 g/mol. The molecule has 1 aliphatic rings. The second kappa shape index (κ2) is 5.40. The van der Waals surface area contributed by atoms with E-state index in [0.717, 1.165) is 23.6 Å². The molecule has 0 spiro atoms. The molecule has 1 unspecified atom stereocenters. The van der Waals surface area contributed by atoms with Crippen molar-refractivity contribution in [3.8, 4) is 0 Å². The van der Waals surface area contributed by atoms with Gasteiger partial charge in [-0.15, -0.1) is 0 Å². The summed E-state index contributed by atoms with van der Waals surface area (Å²) in [6, 6.07) is 5.15. The fourth-order valence-corrected chi connectivity index (χ4v) is 2.94. The molecular formula is C12H15FN2OS. The van der Waals surface area contributed by atoms with Crippen LogP contribution in [0.2, 0.25) is 0 Å². The highest BCUT2D eigenvalue weighted by Gasteiger charge is 2.15. The first-order chi connectivity index (χ1) is 8.15. The Hall–Kier alpha value is -1.23. The molecule has 0 bridgehead atoms. The number of rotatable bonds is 3. The van der Waals surface area contributed by atoms with Gasteiger partial charge in [-0.1, -0.05) is 0 Å². The van der Waals surface area contributed by atoms with Gasteiger partial charge in [0.05, 0.1) is 5.69 Å². The maximum Gasteiger partial charge on any atom is 0.221 e. The number of anilines is 2. The summed E-state index contributed by atoms with van der Waals surface area (Å²) in [4.78, 5) is 10.9. The first-order valence-electron chi connectivity index (χ1n) is 5.56. The van der Waals surface area contributed by atoms with Crippen LogP contribution in [0.4, 0.5) is 15.8 Å². The average Bonchev–Trinajstić information content (AvgIpc) is 2.75. The van der Waals surface area contributed by atoms with Gasteiger partial charge in [0.2, 0.25) is 5.91 Å². The quantitative estimate of drug-likeness (QED) is 0.871. The molecule has 2 N–H and O–H groups in total. The maximum absolute atomic E-state index is 13.4. The standard InChI is InChI=1S/C12H15FN2OS/c1-8(16)14-12-6-9(2-3-11(12)13)15-10-4-5-17-7-10/h2-3,6,10,15H,4-5,7H2,1H3,(H,14,16). The van der Waals surface area contributed by atoms with Crippen molar-refractivity contribution in [3.05, 3.63) is 24.0 Å². The Labute approximate surface area is 104 Å². The highest BCUT2D eigenvalue weighted by Crippen LogP contribution is 2.24. The third-order valence-corrected chi connectivity index (χ3v) is 3.74. The van der Waals surface area contributed by atoms with Crippen LogP contribution in [0.15, 0.2) is 18.2 Å². The van der Waals surface area contributed by atoms with Crippen molar-refractivity contribution in [1.82, 2.24) is 0 Å². The van der Waals surface area contributed by atoms with E-state index >= 15 is 0 Å². The van der Waals surface area contributed by atoms with Gasteiger partial charge in [-0.25, -0.2) is 4.39 Å². The van der Waals surface area contributed by atoms with Crippen LogP contribution in [0.25, 0.3) is 0 Å².